The van der Waals surface area contributed by atoms with E-state index in [1.54, 1.807) is 23.1 Å². The van der Waals surface area contributed by atoms with Crippen LogP contribution >= 0.6 is 0 Å². The minimum absolute atomic E-state index is 0.00538. The van der Waals surface area contributed by atoms with E-state index in [1.807, 2.05) is 6.92 Å². The van der Waals surface area contributed by atoms with Gasteiger partial charge in [0.05, 0.1) is 12.1 Å². The minimum atomic E-state index is -2.50. The van der Waals surface area contributed by atoms with Crippen LogP contribution in [0.1, 0.15) is 36.8 Å². The van der Waals surface area contributed by atoms with Crippen molar-refractivity contribution in [3.05, 3.63) is 29.3 Å². The lowest BCUT2D eigenvalue weighted by Crippen LogP contribution is -2.70. The molecule has 4 N–H and O–H groups in total. The maximum absolute atomic E-state index is 13.1. The van der Waals surface area contributed by atoms with Gasteiger partial charge in [-0.25, -0.2) is 13.6 Å². The van der Waals surface area contributed by atoms with Crippen LogP contribution in [0, 0.1) is 12.8 Å². The zero-order valence-corrected chi connectivity index (χ0v) is 16.6. The third-order valence-corrected chi connectivity index (χ3v) is 7.90. The van der Waals surface area contributed by atoms with Gasteiger partial charge in [0.1, 0.15) is 11.3 Å². The van der Waals surface area contributed by atoms with Crippen molar-refractivity contribution in [2.45, 2.75) is 61.6 Å². The van der Waals surface area contributed by atoms with E-state index in [0.717, 1.165) is 5.56 Å². The van der Waals surface area contributed by atoms with Gasteiger partial charge in [-0.2, -0.15) is 0 Å². The Kier molecular flexibility index (Phi) is 4.03. The number of hydrogen-bond acceptors (Lipinski definition) is 5. The average molecular weight is 421 g/mol. The molecule has 30 heavy (non-hydrogen) atoms. The lowest BCUT2D eigenvalue weighted by molar-refractivity contribution is -0.153. The number of aromatic hydroxyl groups is 1. The van der Waals surface area contributed by atoms with Crippen LogP contribution in [-0.4, -0.2) is 63.7 Å². The van der Waals surface area contributed by atoms with Crippen LogP contribution in [0.2, 0.25) is 0 Å². The van der Waals surface area contributed by atoms with Crippen LogP contribution in [0.25, 0.3) is 0 Å². The van der Waals surface area contributed by atoms with Gasteiger partial charge in [-0.05, 0) is 61.8 Å². The number of aliphatic hydroxyl groups is 1. The lowest BCUT2D eigenvalue weighted by atomic mass is 9.55. The van der Waals surface area contributed by atoms with Crippen molar-refractivity contribution in [2.24, 2.45) is 5.92 Å². The number of nitrogens with one attached hydrogen (secondary N) is 2. The molecule has 0 radical (unpaired) electrons. The van der Waals surface area contributed by atoms with Crippen molar-refractivity contribution < 1.29 is 28.6 Å². The summed E-state index contributed by atoms with van der Waals surface area (Å²) in [5, 5.41) is 27.4. The fourth-order valence-corrected chi connectivity index (χ4v) is 6.83. The largest absolute Gasteiger partial charge is 0.508 e. The van der Waals surface area contributed by atoms with E-state index < -0.39 is 47.5 Å². The first-order valence-electron chi connectivity index (χ1n) is 10.3. The molecule has 1 aromatic rings. The number of phenols is 1. The number of likely N-dealkylation sites (tertiary alicyclic amines) is 1. The Morgan fingerprint density at radius 2 is 2.07 bits per heavy atom. The molecule has 4 aliphatic rings. The second-order valence-corrected chi connectivity index (χ2v) is 9.43. The van der Waals surface area contributed by atoms with E-state index in [2.05, 4.69) is 10.6 Å². The molecule has 5 atom stereocenters. The first-order chi connectivity index (χ1) is 14.1. The first kappa shape index (κ1) is 19.7. The quantitative estimate of drug-likeness (QED) is 0.553. The molecule has 2 heterocycles. The molecule has 3 amide bonds. The van der Waals surface area contributed by atoms with Crippen molar-refractivity contribution in [1.29, 1.82) is 0 Å². The zero-order valence-electron chi connectivity index (χ0n) is 16.6. The number of halogens is 2. The second-order valence-electron chi connectivity index (χ2n) is 9.43. The summed E-state index contributed by atoms with van der Waals surface area (Å²) in [5.74, 6) is -0.378. The summed E-state index contributed by atoms with van der Waals surface area (Å²) in [6.07, 6.45) is -1.41. The summed E-state index contributed by atoms with van der Waals surface area (Å²) in [7, 11) is 0. The molecule has 162 valence electrons. The van der Waals surface area contributed by atoms with Crippen LogP contribution in [0.4, 0.5) is 13.6 Å². The molecule has 2 saturated heterocycles. The molecular formula is C21H25F2N3O4. The normalized spacial score (nSPS) is 40.2. The molecule has 9 heteroatoms. The Hall–Kier alpha value is -2.26. The van der Waals surface area contributed by atoms with Gasteiger partial charge in [-0.15, -0.1) is 0 Å². The third kappa shape index (κ3) is 2.42. The maximum atomic E-state index is 13.1. The molecule has 4 fully saturated rings. The molecule has 2 aliphatic carbocycles. The van der Waals surface area contributed by atoms with Gasteiger partial charge in [0.15, 0.2) is 0 Å². The van der Waals surface area contributed by atoms with Gasteiger partial charge in [-0.3, -0.25) is 15.0 Å². The van der Waals surface area contributed by atoms with Crippen molar-refractivity contribution in [1.82, 2.24) is 15.5 Å². The number of fused-ring (bicyclic) bond motifs is 3. The molecule has 2 aliphatic heterocycles. The minimum Gasteiger partial charge on any atom is -0.508 e. The highest BCUT2D eigenvalue weighted by Crippen LogP contribution is 2.65. The number of rotatable bonds is 3. The average Bonchev–Trinajstić information content (AvgIpc) is 3.02. The standard InChI is InChI=1S/C21H25F2N3O4/c1-11-2-3-13(27)6-14(11)19-7-12-8-26(9-15(22)23)16(12)21(19,30)5-4-20(10-19)17(28)24-18(29)25-20/h2-3,6,12,15-16,27,30H,4-5,7-10H2,1H3,(H2,24,25,28,29). The van der Waals surface area contributed by atoms with Gasteiger partial charge in [0.2, 0.25) is 0 Å². The number of carbonyl (C=O) groups is 2. The molecule has 1 aromatic carbocycles. The lowest BCUT2D eigenvalue weighted by Gasteiger charge is -2.57. The number of phenolic OH excluding ortho intramolecular Hbond substituents is 1. The van der Waals surface area contributed by atoms with Crippen LogP contribution in [0.15, 0.2) is 18.2 Å². The molecule has 1 spiro atoms. The first-order valence-corrected chi connectivity index (χ1v) is 10.3. The SMILES string of the molecule is Cc1ccc(O)cc1C12CC3CN(CC(F)F)C3C1(O)CCC1(C2)NC(=O)NC1=O. The molecular weight excluding hydrogens is 396 g/mol. The zero-order chi connectivity index (χ0) is 21.5. The molecule has 2 saturated carbocycles. The van der Waals surface area contributed by atoms with Crippen LogP contribution < -0.4 is 10.6 Å². The number of imide groups is 1. The van der Waals surface area contributed by atoms with E-state index in [4.69, 9.17) is 0 Å². The topological polar surface area (TPSA) is 102 Å². The Morgan fingerprint density at radius 3 is 2.73 bits per heavy atom. The van der Waals surface area contributed by atoms with Crippen molar-refractivity contribution in [2.75, 3.05) is 13.1 Å². The monoisotopic (exact) mass is 421 g/mol. The molecule has 7 nitrogen and oxygen atoms in total. The van der Waals surface area contributed by atoms with Crippen LogP contribution in [0.5, 0.6) is 5.75 Å². The van der Waals surface area contributed by atoms with Crippen LogP contribution in [-0.2, 0) is 10.2 Å². The van der Waals surface area contributed by atoms with Gasteiger partial charge < -0.3 is 15.5 Å². The van der Waals surface area contributed by atoms with E-state index in [0.29, 0.717) is 18.5 Å². The van der Waals surface area contributed by atoms with E-state index in [-0.39, 0.29) is 30.9 Å². The Morgan fingerprint density at radius 1 is 1.30 bits per heavy atom. The number of nitrogens with zero attached hydrogens (tertiary/aromatic N) is 1. The highest BCUT2D eigenvalue weighted by Gasteiger charge is 2.74. The predicted molar refractivity (Wildman–Crippen MR) is 102 cm³/mol. The second kappa shape index (κ2) is 6.13. The number of hydrogen-bond donors (Lipinski definition) is 4. The van der Waals surface area contributed by atoms with E-state index >= 15 is 0 Å². The summed E-state index contributed by atoms with van der Waals surface area (Å²) >= 11 is 0. The van der Waals surface area contributed by atoms with Crippen molar-refractivity contribution in [3.8, 4) is 5.75 Å². The molecule has 0 aromatic heterocycles. The number of carbonyl (C=O) groups excluding carboxylic acids is 2. The Balaban J connectivity index is 1.64. The van der Waals surface area contributed by atoms with Gasteiger partial charge in [0.25, 0.3) is 12.3 Å². The maximum Gasteiger partial charge on any atom is 0.322 e. The van der Waals surface area contributed by atoms with E-state index in [9.17, 15) is 28.6 Å². The van der Waals surface area contributed by atoms with Crippen LogP contribution in [0.3, 0.4) is 0 Å². The van der Waals surface area contributed by atoms with Gasteiger partial charge in [-0.1, -0.05) is 6.07 Å². The fraction of sp³-hybridized carbons (Fsp3) is 0.619. The molecule has 5 unspecified atom stereocenters. The number of urea groups is 1. The smallest absolute Gasteiger partial charge is 0.322 e. The number of alkyl halides is 2. The molecule has 0 bridgehead atoms. The number of benzene rings is 1. The fourth-order valence-electron chi connectivity index (χ4n) is 6.83. The van der Waals surface area contributed by atoms with Crippen molar-refractivity contribution >= 4 is 11.9 Å². The van der Waals surface area contributed by atoms with E-state index in [1.165, 1.54) is 0 Å². The summed E-state index contributed by atoms with van der Waals surface area (Å²) in [6.45, 7) is 1.93. The number of amides is 3. The summed E-state index contributed by atoms with van der Waals surface area (Å²) in [5.41, 5.74) is -1.89. The van der Waals surface area contributed by atoms with Gasteiger partial charge >= 0.3 is 6.03 Å². The highest BCUT2D eigenvalue weighted by atomic mass is 19.3. The third-order valence-electron chi connectivity index (χ3n) is 7.90. The summed E-state index contributed by atoms with van der Waals surface area (Å²) in [4.78, 5) is 26.3. The van der Waals surface area contributed by atoms with Crippen molar-refractivity contribution in [3.63, 3.8) is 0 Å². The summed E-state index contributed by atoms with van der Waals surface area (Å²) in [6, 6.07) is 3.92. The Bertz CT molecular complexity index is 943. The number of aryl methyl sites for hydroxylation is 1. The Labute approximate surface area is 172 Å². The highest BCUT2D eigenvalue weighted by molar-refractivity contribution is 6.07. The van der Waals surface area contributed by atoms with Gasteiger partial charge in [0, 0.05) is 18.0 Å². The molecule has 5 rings (SSSR count). The summed E-state index contributed by atoms with van der Waals surface area (Å²) < 4.78 is 26.3. The predicted octanol–water partition coefficient (Wildman–Crippen LogP) is 1.40.